The van der Waals surface area contributed by atoms with Crippen LogP contribution in [0.15, 0.2) is 24.3 Å². The van der Waals surface area contributed by atoms with Gasteiger partial charge in [0.05, 0.1) is 5.02 Å². The Labute approximate surface area is 110 Å². The normalized spacial score (nSPS) is 10.4. The van der Waals surface area contributed by atoms with Crippen LogP contribution in [0.4, 0.5) is 10.2 Å². The van der Waals surface area contributed by atoms with Crippen LogP contribution < -0.4 is 5.32 Å². The quantitative estimate of drug-likeness (QED) is 0.920. The highest BCUT2D eigenvalue weighted by Gasteiger charge is 2.09. The van der Waals surface area contributed by atoms with Gasteiger partial charge in [-0.05, 0) is 32.0 Å². The van der Waals surface area contributed by atoms with E-state index in [-0.39, 0.29) is 5.82 Å². The van der Waals surface area contributed by atoms with Crippen LogP contribution in [0.25, 0.3) is 11.4 Å². The van der Waals surface area contributed by atoms with E-state index in [4.69, 9.17) is 11.6 Å². The molecular formula is C13H13ClFN3. The smallest absolute Gasteiger partial charge is 0.163 e. The SMILES string of the molecule is CCNc1cc(C)nc(-c2ccc(F)cc2Cl)n1. The molecule has 18 heavy (non-hydrogen) atoms. The fraction of sp³-hybridized carbons (Fsp3) is 0.231. The molecule has 94 valence electrons. The lowest BCUT2D eigenvalue weighted by Gasteiger charge is -2.08. The molecule has 0 aliphatic rings. The number of halogens is 2. The number of aromatic nitrogens is 2. The molecular weight excluding hydrogens is 253 g/mol. The van der Waals surface area contributed by atoms with Crippen molar-refractivity contribution in [2.45, 2.75) is 13.8 Å². The monoisotopic (exact) mass is 265 g/mol. The average Bonchev–Trinajstić information content (AvgIpc) is 2.28. The summed E-state index contributed by atoms with van der Waals surface area (Å²) in [5, 5.41) is 3.43. The topological polar surface area (TPSA) is 37.8 Å². The van der Waals surface area contributed by atoms with Crippen LogP contribution in [0, 0.1) is 12.7 Å². The molecule has 1 aromatic carbocycles. The lowest BCUT2D eigenvalue weighted by Crippen LogP contribution is -2.02. The van der Waals surface area contributed by atoms with E-state index in [9.17, 15) is 4.39 Å². The first-order valence-corrected chi connectivity index (χ1v) is 6.03. The zero-order valence-electron chi connectivity index (χ0n) is 10.2. The van der Waals surface area contributed by atoms with Gasteiger partial charge >= 0.3 is 0 Å². The maximum atomic E-state index is 13.0. The minimum absolute atomic E-state index is 0.308. The maximum absolute atomic E-state index is 13.0. The summed E-state index contributed by atoms with van der Waals surface area (Å²) in [6.45, 7) is 4.64. The molecule has 5 heteroatoms. The van der Waals surface area contributed by atoms with Gasteiger partial charge in [0.1, 0.15) is 11.6 Å². The molecule has 0 aliphatic carbocycles. The van der Waals surface area contributed by atoms with Gasteiger partial charge in [-0.25, -0.2) is 14.4 Å². The fourth-order valence-corrected chi connectivity index (χ4v) is 1.88. The van der Waals surface area contributed by atoms with Crippen LogP contribution in [0.1, 0.15) is 12.6 Å². The van der Waals surface area contributed by atoms with Gasteiger partial charge in [0.2, 0.25) is 0 Å². The second kappa shape index (κ2) is 5.31. The molecule has 0 aliphatic heterocycles. The summed E-state index contributed by atoms with van der Waals surface area (Å²) in [6.07, 6.45) is 0. The van der Waals surface area contributed by atoms with Crippen molar-refractivity contribution in [2.24, 2.45) is 0 Å². The van der Waals surface area contributed by atoms with E-state index in [1.54, 1.807) is 6.07 Å². The third-order valence-electron chi connectivity index (χ3n) is 2.38. The molecule has 0 amide bonds. The van der Waals surface area contributed by atoms with E-state index in [0.29, 0.717) is 16.4 Å². The summed E-state index contributed by atoms with van der Waals surface area (Å²) in [7, 11) is 0. The molecule has 0 atom stereocenters. The van der Waals surface area contributed by atoms with Crippen molar-refractivity contribution in [3.63, 3.8) is 0 Å². The van der Waals surface area contributed by atoms with Crippen LogP contribution in [0.2, 0.25) is 5.02 Å². The first kappa shape index (κ1) is 12.8. The Bertz CT molecular complexity index is 572. The lowest BCUT2D eigenvalue weighted by atomic mass is 10.2. The Morgan fingerprint density at radius 1 is 1.28 bits per heavy atom. The number of benzene rings is 1. The van der Waals surface area contributed by atoms with Crippen LogP contribution in [0.5, 0.6) is 0 Å². The Hall–Kier alpha value is -1.68. The first-order chi connectivity index (χ1) is 8.60. The second-order valence-electron chi connectivity index (χ2n) is 3.87. The Kier molecular flexibility index (Phi) is 3.77. The van der Waals surface area contributed by atoms with Crippen molar-refractivity contribution >= 4 is 17.4 Å². The molecule has 2 aromatic rings. The van der Waals surface area contributed by atoms with Crippen molar-refractivity contribution in [1.82, 2.24) is 9.97 Å². The summed E-state index contributed by atoms with van der Waals surface area (Å²) in [6, 6.07) is 6.04. The molecule has 3 nitrogen and oxygen atoms in total. The Morgan fingerprint density at radius 3 is 2.72 bits per heavy atom. The van der Waals surface area contributed by atoms with Crippen molar-refractivity contribution in [2.75, 3.05) is 11.9 Å². The zero-order valence-corrected chi connectivity index (χ0v) is 10.9. The summed E-state index contributed by atoms with van der Waals surface area (Å²) < 4.78 is 13.0. The molecule has 1 aromatic heterocycles. The van der Waals surface area contributed by atoms with E-state index in [1.807, 2.05) is 19.9 Å². The van der Waals surface area contributed by atoms with Crippen molar-refractivity contribution in [1.29, 1.82) is 0 Å². The Balaban J connectivity index is 2.49. The predicted octanol–water partition coefficient (Wildman–Crippen LogP) is 3.68. The lowest BCUT2D eigenvalue weighted by molar-refractivity contribution is 0.628. The minimum Gasteiger partial charge on any atom is -0.370 e. The third kappa shape index (κ3) is 2.76. The highest BCUT2D eigenvalue weighted by atomic mass is 35.5. The summed E-state index contributed by atoms with van der Waals surface area (Å²) >= 11 is 6.01. The first-order valence-electron chi connectivity index (χ1n) is 5.65. The van der Waals surface area contributed by atoms with Gasteiger partial charge < -0.3 is 5.32 Å². The van der Waals surface area contributed by atoms with E-state index in [0.717, 1.165) is 18.1 Å². The molecule has 0 fully saturated rings. The van der Waals surface area contributed by atoms with E-state index < -0.39 is 0 Å². The molecule has 1 heterocycles. The third-order valence-corrected chi connectivity index (χ3v) is 2.70. The van der Waals surface area contributed by atoms with Gasteiger partial charge in [-0.3, -0.25) is 0 Å². The number of aryl methyl sites for hydroxylation is 1. The van der Waals surface area contributed by atoms with E-state index in [1.165, 1.54) is 12.1 Å². The number of nitrogens with zero attached hydrogens (tertiary/aromatic N) is 2. The number of rotatable bonds is 3. The van der Waals surface area contributed by atoms with Gasteiger partial charge in [0.25, 0.3) is 0 Å². The average molecular weight is 266 g/mol. The summed E-state index contributed by atoms with van der Waals surface area (Å²) in [5.74, 6) is 0.861. The van der Waals surface area contributed by atoms with Crippen molar-refractivity contribution in [3.8, 4) is 11.4 Å². The number of hydrogen-bond donors (Lipinski definition) is 1. The van der Waals surface area contributed by atoms with Gasteiger partial charge in [0.15, 0.2) is 5.82 Å². The van der Waals surface area contributed by atoms with Gasteiger partial charge in [-0.15, -0.1) is 0 Å². The molecule has 0 saturated heterocycles. The Morgan fingerprint density at radius 2 is 2.06 bits per heavy atom. The van der Waals surface area contributed by atoms with Crippen LogP contribution in [0.3, 0.4) is 0 Å². The standard InChI is InChI=1S/C13H13ClFN3/c1-3-16-12-6-8(2)17-13(18-12)10-5-4-9(15)7-11(10)14/h4-7H,3H2,1-2H3,(H,16,17,18). The largest absolute Gasteiger partial charge is 0.370 e. The summed E-state index contributed by atoms with van der Waals surface area (Å²) in [4.78, 5) is 8.67. The highest BCUT2D eigenvalue weighted by molar-refractivity contribution is 6.33. The van der Waals surface area contributed by atoms with Crippen LogP contribution >= 0.6 is 11.6 Å². The highest BCUT2D eigenvalue weighted by Crippen LogP contribution is 2.26. The molecule has 0 saturated carbocycles. The predicted molar refractivity (Wildman–Crippen MR) is 71.3 cm³/mol. The van der Waals surface area contributed by atoms with Gasteiger partial charge in [0, 0.05) is 23.9 Å². The zero-order chi connectivity index (χ0) is 13.1. The molecule has 2 rings (SSSR count). The van der Waals surface area contributed by atoms with Crippen molar-refractivity contribution in [3.05, 3.63) is 40.8 Å². The number of nitrogens with one attached hydrogen (secondary N) is 1. The second-order valence-corrected chi connectivity index (χ2v) is 4.28. The molecule has 0 radical (unpaired) electrons. The number of anilines is 1. The number of hydrogen-bond acceptors (Lipinski definition) is 3. The van der Waals surface area contributed by atoms with Crippen LogP contribution in [-0.2, 0) is 0 Å². The molecule has 0 unspecified atom stereocenters. The summed E-state index contributed by atoms with van der Waals surface area (Å²) in [5.41, 5.74) is 1.46. The van der Waals surface area contributed by atoms with Crippen LogP contribution in [-0.4, -0.2) is 16.5 Å². The minimum atomic E-state index is -0.372. The van der Waals surface area contributed by atoms with Gasteiger partial charge in [-0.1, -0.05) is 11.6 Å². The fourth-order valence-electron chi connectivity index (χ4n) is 1.63. The van der Waals surface area contributed by atoms with E-state index in [2.05, 4.69) is 15.3 Å². The van der Waals surface area contributed by atoms with Crippen molar-refractivity contribution < 1.29 is 4.39 Å². The maximum Gasteiger partial charge on any atom is 0.163 e. The molecule has 0 spiro atoms. The molecule has 1 N–H and O–H groups in total. The molecule has 0 bridgehead atoms. The van der Waals surface area contributed by atoms with Gasteiger partial charge in [-0.2, -0.15) is 0 Å². The van der Waals surface area contributed by atoms with E-state index >= 15 is 0 Å².